The molecular formula is C29H39N3O4. The van der Waals surface area contributed by atoms with Gasteiger partial charge in [-0.15, -0.1) is 0 Å². The zero-order chi connectivity index (χ0) is 26.7. The van der Waals surface area contributed by atoms with E-state index in [1.54, 1.807) is 14.0 Å². The molecule has 3 unspecified atom stereocenters. The molecule has 0 spiro atoms. The van der Waals surface area contributed by atoms with E-state index in [1.807, 2.05) is 50.3 Å². The number of carbonyl (C=O) groups is 2. The van der Waals surface area contributed by atoms with Crippen LogP contribution in [0.1, 0.15) is 46.1 Å². The molecule has 2 rings (SSSR count). The second kappa shape index (κ2) is 14.4. The zero-order valence-corrected chi connectivity index (χ0v) is 22.0. The van der Waals surface area contributed by atoms with Crippen molar-refractivity contribution in [3.8, 4) is 11.8 Å². The zero-order valence-electron chi connectivity index (χ0n) is 22.0. The number of carbonyl (C=O) groups excluding carboxylic acids is 2. The van der Waals surface area contributed by atoms with Gasteiger partial charge >= 0.3 is 0 Å². The highest BCUT2D eigenvalue weighted by Crippen LogP contribution is 2.19. The number of allylic oxidation sites excluding steroid dienone is 3. The fraction of sp³-hybridized carbons (Fsp3) is 0.448. The van der Waals surface area contributed by atoms with Gasteiger partial charge < -0.3 is 25.7 Å². The van der Waals surface area contributed by atoms with Crippen molar-refractivity contribution < 1.29 is 19.8 Å². The number of likely N-dealkylation sites (N-methyl/N-ethyl adjacent to an activating group) is 1. The summed E-state index contributed by atoms with van der Waals surface area (Å²) < 4.78 is 0. The Kier molecular flexibility index (Phi) is 11.6. The van der Waals surface area contributed by atoms with Crippen LogP contribution >= 0.6 is 0 Å². The summed E-state index contributed by atoms with van der Waals surface area (Å²) in [6.07, 6.45) is 6.05. The smallest absolute Gasteiger partial charge is 0.251 e. The number of amides is 2. The second-order valence-corrected chi connectivity index (χ2v) is 9.25. The van der Waals surface area contributed by atoms with Gasteiger partial charge in [-0.3, -0.25) is 9.59 Å². The largest absolute Gasteiger partial charge is 0.394 e. The Morgan fingerprint density at radius 1 is 1.31 bits per heavy atom. The van der Waals surface area contributed by atoms with Crippen molar-refractivity contribution in [2.24, 2.45) is 5.92 Å². The van der Waals surface area contributed by atoms with Crippen LogP contribution in [0.4, 0.5) is 5.69 Å². The van der Waals surface area contributed by atoms with Crippen molar-refractivity contribution in [1.29, 1.82) is 0 Å². The molecule has 7 heteroatoms. The lowest BCUT2D eigenvalue weighted by atomic mass is 9.92. The molecule has 194 valence electrons. The quantitative estimate of drug-likeness (QED) is 0.241. The van der Waals surface area contributed by atoms with Crippen LogP contribution in [-0.2, 0) is 9.59 Å². The third kappa shape index (κ3) is 9.12. The van der Waals surface area contributed by atoms with E-state index in [1.165, 1.54) is 4.90 Å². The van der Waals surface area contributed by atoms with Crippen LogP contribution in [0, 0.1) is 17.8 Å². The Morgan fingerprint density at radius 2 is 2.06 bits per heavy atom. The summed E-state index contributed by atoms with van der Waals surface area (Å²) in [5.41, 5.74) is 4.04. The summed E-state index contributed by atoms with van der Waals surface area (Å²) in [5.74, 6) is 6.43. The first-order chi connectivity index (χ1) is 17.1. The molecule has 3 atom stereocenters. The lowest BCUT2D eigenvalue weighted by Crippen LogP contribution is -2.38. The van der Waals surface area contributed by atoms with Crippen molar-refractivity contribution in [2.75, 3.05) is 32.1 Å². The number of benzene rings is 1. The van der Waals surface area contributed by atoms with Crippen molar-refractivity contribution in [3.05, 3.63) is 64.8 Å². The lowest BCUT2D eigenvalue weighted by Gasteiger charge is -2.26. The molecule has 7 nitrogen and oxygen atoms in total. The van der Waals surface area contributed by atoms with Gasteiger partial charge in [0.1, 0.15) is 0 Å². The van der Waals surface area contributed by atoms with E-state index in [2.05, 4.69) is 35.5 Å². The maximum atomic E-state index is 12.5. The molecule has 1 aromatic carbocycles. The highest BCUT2D eigenvalue weighted by Gasteiger charge is 2.20. The van der Waals surface area contributed by atoms with Gasteiger partial charge in [-0.25, -0.2) is 0 Å². The Morgan fingerprint density at radius 3 is 2.75 bits per heavy atom. The summed E-state index contributed by atoms with van der Waals surface area (Å²) >= 11 is 0. The normalized spacial score (nSPS) is 19.0. The predicted molar refractivity (Wildman–Crippen MR) is 144 cm³/mol. The van der Waals surface area contributed by atoms with Crippen LogP contribution in [-0.4, -0.2) is 65.8 Å². The van der Waals surface area contributed by atoms with Crippen molar-refractivity contribution in [1.82, 2.24) is 10.2 Å². The van der Waals surface area contributed by atoms with E-state index >= 15 is 0 Å². The number of nitrogens with one attached hydrogen (secondary N) is 2. The Bertz CT molecular complexity index is 1080. The molecule has 0 saturated carbocycles. The molecule has 0 fully saturated rings. The van der Waals surface area contributed by atoms with Crippen LogP contribution in [0.5, 0.6) is 0 Å². The Balaban J connectivity index is 2.05. The molecule has 0 radical (unpaired) electrons. The minimum atomic E-state index is -0.924. The summed E-state index contributed by atoms with van der Waals surface area (Å²) in [6.45, 7) is 8.21. The topological polar surface area (TPSA) is 102 Å². The van der Waals surface area contributed by atoms with Crippen molar-refractivity contribution >= 4 is 17.5 Å². The van der Waals surface area contributed by atoms with Crippen LogP contribution in [0.25, 0.3) is 0 Å². The fourth-order valence-corrected chi connectivity index (χ4v) is 3.80. The van der Waals surface area contributed by atoms with Gasteiger partial charge in [0.2, 0.25) is 5.91 Å². The van der Waals surface area contributed by atoms with Gasteiger partial charge in [0.25, 0.3) is 5.91 Å². The summed E-state index contributed by atoms with van der Waals surface area (Å²) in [6, 6.07) is 7.58. The number of nitrogens with zero attached hydrogens (tertiary/aromatic N) is 1. The standard InChI is InChI=1S/C29H39N3O4/c1-6-8-20(2)21(3)29(36)31-26-10-7-9-23(16-26)11-13-25-15-24(17-30-22(25)4)12-14-28(35)32(5)18-27(34)19-33/h6-10,15-16,22,24,27,30,33-34H,12,14,17-19H2,1-5H3,(H,31,36)/b8-6-,21-20+. The molecule has 0 aliphatic carbocycles. The third-order valence-electron chi connectivity index (χ3n) is 6.24. The number of aliphatic hydroxyl groups excluding tert-OH is 2. The number of hydrogen-bond acceptors (Lipinski definition) is 5. The van der Waals surface area contributed by atoms with E-state index < -0.39 is 6.10 Å². The van der Waals surface area contributed by atoms with Crippen molar-refractivity contribution in [2.45, 2.75) is 52.7 Å². The third-order valence-corrected chi connectivity index (χ3v) is 6.24. The monoisotopic (exact) mass is 493 g/mol. The maximum Gasteiger partial charge on any atom is 0.251 e. The van der Waals surface area contributed by atoms with Gasteiger partial charge in [0.15, 0.2) is 0 Å². The average Bonchev–Trinajstić information content (AvgIpc) is 2.86. The van der Waals surface area contributed by atoms with Gasteiger partial charge in [0.05, 0.1) is 12.7 Å². The predicted octanol–water partition coefficient (Wildman–Crippen LogP) is 3.02. The highest BCUT2D eigenvalue weighted by molar-refractivity contribution is 6.04. The van der Waals surface area contributed by atoms with Crippen LogP contribution in [0.15, 0.2) is 59.2 Å². The molecule has 1 aromatic rings. The van der Waals surface area contributed by atoms with Crippen LogP contribution in [0.3, 0.4) is 0 Å². The van der Waals surface area contributed by atoms with Crippen LogP contribution in [0.2, 0.25) is 0 Å². The lowest BCUT2D eigenvalue weighted by molar-refractivity contribution is -0.131. The Hall–Kier alpha value is -3.18. The highest BCUT2D eigenvalue weighted by atomic mass is 16.3. The minimum Gasteiger partial charge on any atom is -0.394 e. The second-order valence-electron chi connectivity index (χ2n) is 9.25. The molecule has 0 saturated heterocycles. The van der Waals surface area contributed by atoms with Gasteiger partial charge in [-0.05, 0) is 63.8 Å². The molecular weight excluding hydrogens is 454 g/mol. The summed E-state index contributed by atoms with van der Waals surface area (Å²) in [4.78, 5) is 26.3. The molecule has 1 aliphatic heterocycles. The fourth-order valence-electron chi connectivity index (χ4n) is 3.80. The van der Waals surface area contributed by atoms with E-state index in [0.717, 1.165) is 23.3 Å². The van der Waals surface area contributed by atoms with Crippen molar-refractivity contribution in [3.63, 3.8) is 0 Å². The molecule has 0 aromatic heterocycles. The van der Waals surface area contributed by atoms with E-state index in [0.29, 0.717) is 24.1 Å². The first kappa shape index (κ1) is 29.1. The van der Waals surface area contributed by atoms with Gasteiger partial charge in [-0.1, -0.05) is 36.1 Å². The number of hydrogen-bond donors (Lipinski definition) is 4. The Labute approximate surface area is 215 Å². The number of rotatable bonds is 9. The average molecular weight is 494 g/mol. The molecule has 36 heavy (non-hydrogen) atoms. The van der Waals surface area contributed by atoms with E-state index in [-0.39, 0.29) is 36.9 Å². The summed E-state index contributed by atoms with van der Waals surface area (Å²) in [5, 5.41) is 24.9. The number of aliphatic hydroxyl groups is 2. The molecule has 1 heterocycles. The number of anilines is 1. The SMILES string of the molecule is C/C=C\C(C)=C(/C)C(=O)Nc1cccc(C#CC2=CC(CCC(=O)N(C)CC(O)CO)CNC2C)c1. The first-order valence-electron chi connectivity index (χ1n) is 12.4. The summed E-state index contributed by atoms with van der Waals surface area (Å²) in [7, 11) is 1.63. The minimum absolute atomic E-state index is 0.0630. The van der Waals surface area contributed by atoms with Gasteiger partial charge in [-0.2, -0.15) is 0 Å². The molecule has 4 N–H and O–H groups in total. The van der Waals surface area contributed by atoms with Crippen LogP contribution < -0.4 is 10.6 Å². The van der Waals surface area contributed by atoms with E-state index in [9.17, 15) is 14.7 Å². The van der Waals surface area contributed by atoms with E-state index in [4.69, 9.17) is 5.11 Å². The first-order valence-corrected chi connectivity index (χ1v) is 12.4. The maximum absolute atomic E-state index is 12.5. The molecule has 0 bridgehead atoms. The molecule has 1 aliphatic rings. The molecule has 2 amide bonds. The van der Waals surface area contributed by atoms with Gasteiger partial charge in [0, 0.05) is 55.0 Å².